The molecule has 0 rings (SSSR count). The third-order valence-electron chi connectivity index (χ3n) is 0. The second kappa shape index (κ2) is 24.9. The molecule has 0 aromatic rings. The first-order valence-corrected chi connectivity index (χ1v) is 0.508. The molecule has 0 aliphatic rings. The number of hydrogen-bond acceptors (Lipinski definition) is 1. The van der Waals surface area contributed by atoms with Crippen LogP contribution in [0.4, 0.5) is 0 Å². The van der Waals surface area contributed by atoms with Gasteiger partial charge in [-0.3, -0.25) is 0 Å². The van der Waals surface area contributed by atoms with Crippen LogP contribution >= 0.6 is 0 Å². The molecule has 0 aromatic carbocycles. The van der Waals surface area contributed by atoms with Crippen molar-refractivity contribution in [2.24, 2.45) is 0 Å². The smallest absolute Gasteiger partial charge is 0 e. The minimum atomic E-state index is 0. The van der Waals surface area contributed by atoms with Gasteiger partial charge in [-0.2, -0.15) is 0 Å². The quantitative estimate of drug-likeness (QED) is 0.379. The SMILES string of the molecule is [O]=[Cu].[PbH2].[SrH2].[Y]. The molecule has 0 amide bonds. The molecule has 0 aliphatic carbocycles. The van der Waals surface area contributed by atoms with Gasteiger partial charge in [-0.25, -0.2) is 0 Å². The van der Waals surface area contributed by atoms with Crippen LogP contribution in [0.25, 0.3) is 0 Å². The van der Waals surface area contributed by atoms with Gasteiger partial charge in [0.05, 0.1) is 0 Å². The van der Waals surface area contributed by atoms with Crippen molar-refractivity contribution >= 4 is 72.8 Å². The zero-order valence-electron chi connectivity index (χ0n) is 1.99. The van der Waals surface area contributed by atoms with Crippen molar-refractivity contribution in [1.82, 2.24) is 0 Å². The van der Waals surface area contributed by atoms with Crippen LogP contribution in [0.1, 0.15) is 0 Å². The van der Waals surface area contributed by atoms with Crippen LogP contribution in [0, 0.1) is 0 Å². The molecule has 3 radical (unpaired) electrons. The Morgan fingerprint density at radius 2 is 1.20 bits per heavy atom. The van der Waals surface area contributed by atoms with Crippen LogP contribution < -0.4 is 0 Å². The van der Waals surface area contributed by atoms with Gasteiger partial charge >= 0.3 is 92.6 Å². The summed E-state index contributed by atoms with van der Waals surface area (Å²) in [5, 5.41) is 0. The first-order chi connectivity index (χ1) is 1.00. The van der Waals surface area contributed by atoms with E-state index in [1.807, 2.05) is 0 Å². The van der Waals surface area contributed by atoms with E-state index in [2.05, 4.69) is 15.9 Å². The van der Waals surface area contributed by atoms with Gasteiger partial charge in [0, 0.05) is 32.7 Å². The van der Waals surface area contributed by atoms with Crippen molar-refractivity contribution in [3.05, 3.63) is 0 Å². The van der Waals surface area contributed by atoms with Crippen molar-refractivity contribution in [3.63, 3.8) is 0 Å². The van der Waals surface area contributed by atoms with Crippen LogP contribution in [0.2, 0.25) is 0 Å². The zero-order valence-corrected chi connectivity index (χ0v) is 11.3. The summed E-state index contributed by atoms with van der Waals surface area (Å²) in [6.07, 6.45) is 0. The van der Waals surface area contributed by atoms with E-state index in [-0.39, 0.29) is 105 Å². The number of rotatable bonds is 0. The molecule has 5 heteroatoms. The summed E-state index contributed by atoms with van der Waals surface area (Å²) >= 11 is 2.94. The van der Waals surface area contributed by atoms with Crippen LogP contribution in [0.5, 0.6) is 0 Å². The fourth-order valence-corrected chi connectivity index (χ4v) is 0. The molecule has 0 bridgehead atoms. The molecule has 0 fully saturated rings. The first kappa shape index (κ1) is 23.2. The van der Waals surface area contributed by atoms with Gasteiger partial charge in [0.25, 0.3) is 0 Å². The van der Waals surface area contributed by atoms with Gasteiger partial charge in [-0.05, 0) is 0 Å². The van der Waals surface area contributed by atoms with Crippen molar-refractivity contribution in [1.29, 1.82) is 0 Å². The summed E-state index contributed by atoms with van der Waals surface area (Å²) in [7, 11) is 0. The van der Waals surface area contributed by atoms with Crippen LogP contribution in [0.15, 0.2) is 0 Å². The molecule has 0 aromatic heterocycles. The summed E-state index contributed by atoms with van der Waals surface area (Å²) in [6.45, 7) is 0. The topological polar surface area (TPSA) is 17.1 Å². The Kier molecular flexibility index (Phi) is 116. The third-order valence-corrected chi connectivity index (χ3v) is 0. The fraction of sp³-hybridized carbons (Fsp3) is 0. The molecule has 0 unspecified atom stereocenters. The molecule has 0 saturated heterocycles. The van der Waals surface area contributed by atoms with Gasteiger partial charge in [-0.15, -0.1) is 0 Å². The van der Waals surface area contributed by atoms with Gasteiger partial charge < -0.3 is 0 Å². The molecule has 30 valence electrons. The molecule has 1 nitrogen and oxygen atoms in total. The van der Waals surface area contributed by atoms with Gasteiger partial charge in [-0.1, -0.05) is 0 Å². The zero-order chi connectivity index (χ0) is 2.00. The van der Waals surface area contributed by atoms with Crippen molar-refractivity contribution < 1.29 is 52.5 Å². The Morgan fingerprint density at radius 3 is 1.20 bits per heavy atom. The van der Waals surface area contributed by atoms with E-state index in [0.717, 1.165) is 0 Å². The van der Waals surface area contributed by atoms with E-state index in [4.69, 9.17) is 3.83 Å². The van der Waals surface area contributed by atoms with Gasteiger partial charge in [0.2, 0.25) is 0 Å². The van der Waals surface area contributed by atoms with Crippen LogP contribution in [-0.2, 0) is 52.5 Å². The van der Waals surface area contributed by atoms with Crippen molar-refractivity contribution in [3.8, 4) is 0 Å². The van der Waals surface area contributed by atoms with Crippen LogP contribution in [0.3, 0.4) is 0 Å². The minimum Gasteiger partial charge on any atom is 0 e. The summed E-state index contributed by atoms with van der Waals surface area (Å²) in [4.78, 5) is 0. The predicted octanol–water partition coefficient (Wildman–Crippen LogP) is -1.96. The van der Waals surface area contributed by atoms with E-state index in [1.54, 1.807) is 0 Å². The van der Waals surface area contributed by atoms with Crippen LogP contribution in [-0.4, -0.2) is 72.8 Å². The second-order valence-electron chi connectivity index (χ2n) is 0. The predicted molar refractivity (Wildman–Crippen MR) is 17.8 cm³/mol. The average Bonchev–Trinajstić information content (AvgIpc) is 1.00. The standard InChI is InChI=1S/Cu.O.Pb.Sr.Y.4H. The second-order valence-corrected chi connectivity index (χ2v) is 0. The maximum atomic E-state index is 7.81. The molecule has 0 saturated carbocycles. The molecule has 0 N–H and O–H groups in total. The normalized spacial score (nSPS) is 1.20. The Labute approximate surface area is 122 Å². The van der Waals surface area contributed by atoms with Crippen molar-refractivity contribution in [2.45, 2.75) is 0 Å². The van der Waals surface area contributed by atoms with E-state index >= 15 is 0 Å². The molecule has 0 heterocycles. The molecular weight excluding hydrogens is 463 g/mol. The fourth-order valence-electron chi connectivity index (χ4n) is 0. The summed E-state index contributed by atoms with van der Waals surface area (Å²) in [6, 6.07) is 0. The number of hydrogen-bond donors (Lipinski definition) is 0. The molecular formula is H4CuOPbSrY. The Morgan fingerprint density at radius 1 is 1.20 bits per heavy atom. The Balaban J connectivity index is -0.00000000167. The summed E-state index contributed by atoms with van der Waals surface area (Å²) in [5.74, 6) is 0. The van der Waals surface area contributed by atoms with E-state index in [9.17, 15) is 0 Å². The summed E-state index contributed by atoms with van der Waals surface area (Å²) < 4.78 is 7.81. The Bertz CT molecular complexity index is 11.6. The Hall–Kier alpha value is 3.83. The molecule has 5 heavy (non-hydrogen) atoms. The first-order valence-electron chi connectivity index (χ1n) is 0.123. The largest absolute Gasteiger partial charge is 0 e. The van der Waals surface area contributed by atoms with E-state index in [0.29, 0.717) is 0 Å². The van der Waals surface area contributed by atoms with Crippen molar-refractivity contribution in [2.75, 3.05) is 0 Å². The van der Waals surface area contributed by atoms with E-state index < -0.39 is 0 Å². The molecule has 0 atom stereocenters. The van der Waals surface area contributed by atoms with E-state index in [1.165, 1.54) is 0 Å². The molecule has 0 aliphatic heterocycles. The maximum Gasteiger partial charge on any atom is 0 e. The summed E-state index contributed by atoms with van der Waals surface area (Å²) in [5.41, 5.74) is 0. The average molecular weight is 467 g/mol. The van der Waals surface area contributed by atoms with Gasteiger partial charge in [0.15, 0.2) is 0 Å². The minimum absolute atomic E-state index is 0. The van der Waals surface area contributed by atoms with Gasteiger partial charge in [0.1, 0.15) is 0 Å². The third kappa shape index (κ3) is 18.1. The maximum absolute atomic E-state index is 7.81. The monoisotopic (exact) mass is 468 g/mol. The molecule has 0 spiro atoms.